The van der Waals surface area contributed by atoms with E-state index in [1.54, 1.807) is 0 Å². The molecule has 2 nitrogen and oxygen atoms in total. The normalized spacial score (nSPS) is 10.8. The van der Waals surface area contributed by atoms with Crippen molar-refractivity contribution in [3.05, 3.63) is 0 Å². The Hall–Kier alpha value is 0.400. The van der Waals surface area contributed by atoms with Gasteiger partial charge >= 0.3 is 0 Å². The summed E-state index contributed by atoms with van der Waals surface area (Å²) in [6.45, 7) is 4.30. The van der Waals surface area contributed by atoms with Crippen LogP contribution in [0.3, 0.4) is 0 Å². The van der Waals surface area contributed by atoms with Crippen molar-refractivity contribution in [2.24, 2.45) is 5.73 Å². The molecule has 3 heteroatoms. The Balaban J connectivity index is 0. The monoisotopic (exact) mass is 211 g/mol. The Morgan fingerprint density at radius 1 is 1.30 bits per heavy atom. The molecule has 0 aliphatic rings. The molecule has 3 N–H and O–H groups in total. The van der Waals surface area contributed by atoms with E-state index in [0.717, 1.165) is 19.3 Å². The second-order valence-electron chi connectivity index (χ2n) is 3.17. The fourth-order valence-corrected chi connectivity index (χ4v) is 0.692. The quantitative estimate of drug-likeness (QED) is 0.693. The summed E-state index contributed by atoms with van der Waals surface area (Å²) >= 11 is 0. The minimum Gasteiger partial charge on any atom is -0.396 e. The molecule has 0 aromatic rings. The molecule has 0 bridgehead atoms. The van der Waals surface area contributed by atoms with Crippen LogP contribution in [0.4, 0.5) is 0 Å². The Bertz CT molecular complexity index is 70.5. The molecule has 0 amide bonds. The summed E-state index contributed by atoms with van der Waals surface area (Å²) < 4.78 is 0. The number of rotatable bonds is 4. The standard InChI is InChI=1S/C7H17NO.BrH/c1-7(2,8)5-3-4-6-9;/h9H,3-6,8H2,1-2H3;1H. The first-order chi connectivity index (χ1) is 4.06. The fraction of sp³-hybridized carbons (Fsp3) is 1.00. The molecule has 0 radical (unpaired) electrons. The molecule has 0 unspecified atom stereocenters. The number of aliphatic hydroxyl groups is 1. The van der Waals surface area contributed by atoms with Crippen LogP contribution in [0.5, 0.6) is 0 Å². The number of hydrogen-bond acceptors (Lipinski definition) is 2. The Kier molecular flexibility index (Phi) is 7.99. The highest BCUT2D eigenvalue weighted by Gasteiger charge is 2.08. The molecule has 0 aliphatic heterocycles. The minimum absolute atomic E-state index is 0. The van der Waals surface area contributed by atoms with Gasteiger partial charge in [0.2, 0.25) is 0 Å². The van der Waals surface area contributed by atoms with Gasteiger partial charge in [-0.1, -0.05) is 0 Å². The van der Waals surface area contributed by atoms with Crippen LogP contribution in [-0.4, -0.2) is 17.3 Å². The largest absolute Gasteiger partial charge is 0.396 e. The molecular formula is C7H18BrNO. The van der Waals surface area contributed by atoms with Crippen molar-refractivity contribution in [1.29, 1.82) is 0 Å². The van der Waals surface area contributed by atoms with Crippen molar-refractivity contribution in [2.75, 3.05) is 6.61 Å². The summed E-state index contributed by atoms with van der Waals surface area (Å²) in [5.41, 5.74) is 5.63. The van der Waals surface area contributed by atoms with Crippen LogP contribution in [0.25, 0.3) is 0 Å². The summed E-state index contributed by atoms with van der Waals surface area (Å²) in [6.07, 6.45) is 2.90. The molecule has 0 fully saturated rings. The maximum absolute atomic E-state index is 8.42. The van der Waals surface area contributed by atoms with Crippen LogP contribution >= 0.6 is 17.0 Å². The third-order valence-electron chi connectivity index (χ3n) is 1.23. The lowest BCUT2D eigenvalue weighted by atomic mass is 9.99. The average molecular weight is 212 g/mol. The average Bonchev–Trinajstić information content (AvgIpc) is 1.63. The molecule has 0 aromatic carbocycles. The highest BCUT2D eigenvalue weighted by molar-refractivity contribution is 8.93. The molecule has 0 aliphatic carbocycles. The molecule has 64 valence electrons. The van der Waals surface area contributed by atoms with Crippen molar-refractivity contribution in [2.45, 2.75) is 38.6 Å². The first-order valence-corrected chi connectivity index (χ1v) is 3.46. The second kappa shape index (κ2) is 6.13. The van der Waals surface area contributed by atoms with Gasteiger partial charge in [0.25, 0.3) is 0 Å². The highest BCUT2D eigenvalue weighted by atomic mass is 79.9. The van der Waals surface area contributed by atoms with E-state index in [9.17, 15) is 0 Å². The van der Waals surface area contributed by atoms with Gasteiger partial charge in [-0.15, -0.1) is 17.0 Å². The highest BCUT2D eigenvalue weighted by Crippen LogP contribution is 2.07. The predicted octanol–water partition coefficient (Wildman–Crippen LogP) is 1.46. The van der Waals surface area contributed by atoms with Crippen LogP contribution in [0.2, 0.25) is 0 Å². The summed E-state index contributed by atoms with van der Waals surface area (Å²) in [7, 11) is 0. The number of unbranched alkanes of at least 4 members (excludes halogenated alkanes) is 1. The number of hydrogen-bond donors (Lipinski definition) is 2. The zero-order chi connectivity index (χ0) is 7.33. The topological polar surface area (TPSA) is 46.2 Å². The molecule has 0 aromatic heterocycles. The fourth-order valence-electron chi connectivity index (χ4n) is 0.692. The van der Waals surface area contributed by atoms with Gasteiger partial charge in [-0.2, -0.15) is 0 Å². The molecule has 0 rings (SSSR count). The van der Waals surface area contributed by atoms with Crippen LogP contribution in [0.15, 0.2) is 0 Å². The molecular weight excluding hydrogens is 194 g/mol. The van der Waals surface area contributed by atoms with Crippen LogP contribution < -0.4 is 5.73 Å². The van der Waals surface area contributed by atoms with Gasteiger partial charge in [-0.05, 0) is 33.1 Å². The smallest absolute Gasteiger partial charge is 0.0431 e. The number of aliphatic hydroxyl groups excluding tert-OH is 1. The van der Waals surface area contributed by atoms with Gasteiger partial charge in [0.05, 0.1) is 0 Å². The van der Waals surface area contributed by atoms with Crippen molar-refractivity contribution in [1.82, 2.24) is 0 Å². The summed E-state index contributed by atoms with van der Waals surface area (Å²) in [6, 6.07) is 0. The van der Waals surface area contributed by atoms with Crippen molar-refractivity contribution in [3.63, 3.8) is 0 Å². The van der Waals surface area contributed by atoms with E-state index in [4.69, 9.17) is 10.8 Å². The Morgan fingerprint density at radius 2 is 1.80 bits per heavy atom. The van der Waals surface area contributed by atoms with E-state index in [-0.39, 0.29) is 29.1 Å². The van der Waals surface area contributed by atoms with Crippen LogP contribution in [-0.2, 0) is 0 Å². The van der Waals surface area contributed by atoms with Crippen LogP contribution in [0.1, 0.15) is 33.1 Å². The Labute approximate surface area is 73.6 Å². The lowest BCUT2D eigenvalue weighted by Gasteiger charge is -2.17. The second-order valence-corrected chi connectivity index (χ2v) is 3.17. The van der Waals surface area contributed by atoms with Gasteiger partial charge in [-0.3, -0.25) is 0 Å². The van der Waals surface area contributed by atoms with Crippen molar-refractivity contribution < 1.29 is 5.11 Å². The minimum atomic E-state index is -0.0603. The molecule has 0 saturated carbocycles. The molecule has 0 atom stereocenters. The van der Waals surface area contributed by atoms with E-state index in [2.05, 4.69) is 0 Å². The van der Waals surface area contributed by atoms with E-state index >= 15 is 0 Å². The molecule has 0 saturated heterocycles. The molecule has 10 heavy (non-hydrogen) atoms. The first kappa shape index (κ1) is 13.0. The summed E-state index contributed by atoms with van der Waals surface area (Å²) in [5.74, 6) is 0. The molecule has 0 spiro atoms. The van der Waals surface area contributed by atoms with E-state index in [1.807, 2.05) is 13.8 Å². The number of nitrogens with two attached hydrogens (primary N) is 1. The lowest BCUT2D eigenvalue weighted by molar-refractivity contribution is 0.277. The lowest BCUT2D eigenvalue weighted by Crippen LogP contribution is -2.31. The van der Waals surface area contributed by atoms with Gasteiger partial charge in [0.1, 0.15) is 0 Å². The zero-order valence-electron chi connectivity index (χ0n) is 6.76. The first-order valence-electron chi connectivity index (χ1n) is 3.46. The van der Waals surface area contributed by atoms with Crippen molar-refractivity contribution >= 4 is 17.0 Å². The SMILES string of the molecule is Br.CC(C)(N)CCCCO. The van der Waals surface area contributed by atoms with E-state index < -0.39 is 0 Å². The van der Waals surface area contributed by atoms with Gasteiger partial charge in [-0.25, -0.2) is 0 Å². The third-order valence-corrected chi connectivity index (χ3v) is 1.23. The predicted molar refractivity (Wildman–Crippen MR) is 49.5 cm³/mol. The van der Waals surface area contributed by atoms with Crippen LogP contribution in [0, 0.1) is 0 Å². The zero-order valence-corrected chi connectivity index (χ0v) is 8.47. The van der Waals surface area contributed by atoms with Gasteiger partial charge < -0.3 is 10.8 Å². The van der Waals surface area contributed by atoms with Crippen molar-refractivity contribution in [3.8, 4) is 0 Å². The van der Waals surface area contributed by atoms with E-state index in [0.29, 0.717) is 0 Å². The van der Waals surface area contributed by atoms with Gasteiger partial charge in [0, 0.05) is 12.1 Å². The third kappa shape index (κ3) is 11.2. The van der Waals surface area contributed by atoms with E-state index in [1.165, 1.54) is 0 Å². The Morgan fingerprint density at radius 3 is 2.10 bits per heavy atom. The summed E-state index contributed by atoms with van der Waals surface area (Å²) in [4.78, 5) is 0. The van der Waals surface area contributed by atoms with Gasteiger partial charge in [0.15, 0.2) is 0 Å². The summed E-state index contributed by atoms with van der Waals surface area (Å²) in [5, 5.41) is 8.42. The molecule has 0 heterocycles. The maximum atomic E-state index is 8.42. The number of halogens is 1. The maximum Gasteiger partial charge on any atom is 0.0431 e.